The molecule has 2 amide bonds. The fourth-order valence-corrected chi connectivity index (χ4v) is 2.24. The van der Waals surface area contributed by atoms with Crippen LogP contribution in [0.4, 0.5) is 0 Å². The summed E-state index contributed by atoms with van der Waals surface area (Å²) in [6, 6.07) is 8.17. The van der Waals surface area contributed by atoms with Gasteiger partial charge in [-0.1, -0.05) is 18.2 Å². The quantitative estimate of drug-likeness (QED) is 0.598. The zero-order chi connectivity index (χ0) is 17.8. The number of para-hydroxylation sites is 1. The molecule has 0 saturated heterocycles. The van der Waals surface area contributed by atoms with Gasteiger partial charge in [0, 0.05) is 0 Å². The highest BCUT2D eigenvalue weighted by Gasteiger charge is 2.21. The molecule has 0 radical (unpaired) electrons. The third-order valence-electron chi connectivity index (χ3n) is 2.99. The second-order valence-electron chi connectivity index (χ2n) is 4.80. The SMILES string of the molecule is COC(=O)[C@@H](CCSC)NC(=O)CNC(=O)COc1ccccc1. The Morgan fingerprint density at radius 3 is 2.50 bits per heavy atom. The molecule has 0 fully saturated rings. The van der Waals surface area contributed by atoms with Gasteiger partial charge in [0.2, 0.25) is 5.91 Å². The molecule has 132 valence electrons. The van der Waals surface area contributed by atoms with Gasteiger partial charge in [0.25, 0.3) is 5.91 Å². The molecule has 8 heteroatoms. The maximum absolute atomic E-state index is 11.8. The zero-order valence-corrected chi connectivity index (χ0v) is 14.6. The lowest BCUT2D eigenvalue weighted by Gasteiger charge is -2.16. The topological polar surface area (TPSA) is 93.7 Å². The van der Waals surface area contributed by atoms with E-state index in [1.54, 1.807) is 36.0 Å². The highest BCUT2D eigenvalue weighted by atomic mass is 32.2. The highest BCUT2D eigenvalue weighted by Crippen LogP contribution is 2.07. The van der Waals surface area contributed by atoms with Gasteiger partial charge < -0.3 is 20.1 Å². The van der Waals surface area contributed by atoms with Gasteiger partial charge in [-0.3, -0.25) is 9.59 Å². The molecule has 0 unspecified atom stereocenters. The average Bonchev–Trinajstić information content (AvgIpc) is 2.61. The maximum atomic E-state index is 11.8. The molecule has 0 aliphatic rings. The predicted octanol–water partition coefficient (Wildman–Crippen LogP) is 0.593. The van der Waals surface area contributed by atoms with Crippen LogP contribution in [0.1, 0.15) is 6.42 Å². The lowest BCUT2D eigenvalue weighted by atomic mass is 10.2. The summed E-state index contributed by atoms with van der Waals surface area (Å²) >= 11 is 1.56. The van der Waals surface area contributed by atoms with Crippen molar-refractivity contribution in [3.8, 4) is 5.75 Å². The molecule has 0 aromatic heterocycles. The summed E-state index contributed by atoms with van der Waals surface area (Å²) in [5.74, 6) is -0.111. The number of carbonyl (C=O) groups is 3. The molecule has 0 spiro atoms. The fourth-order valence-electron chi connectivity index (χ4n) is 1.77. The minimum Gasteiger partial charge on any atom is -0.484 e. The second-order valence-corrected chi connectivity index (χ2v) is 5.79. The van der Waals surface area contributed by atoms with Gasteiger partial charge >= 0.3 is 5.97 Å². The summed E-state index contributed by atoms with van der Waals surface area (Å²) in [6.07, 6.45) is 2.37. The van der Waals surface area contributed by atoms with Crippen molar-refractivity contribution < 1.29 is 23.9 Å². The van der Waals surface area contributed by atoms with Gasteiger partial charge in [0.15, 0.2) is 6.61 Å². The van der Waals surface area contributed by atoms with Crippen molar-refractivity contribution in [3.63, 3.8) is 0 Å². The summed E-state index contributed by atoms with van der Waals surface area (Å²) in [5.41, 5.74) is 0. The van der Waals surface area contributed by atoms with Crippen LogP contribution in [0.2, 0.25) is 0 Å². The van der Waals surface area contributed by atoms with Crippen LogP contribution in [-0.4, -0.2) is 56.1 Å². The van der Waals surface area contributed by atoms with Gasteiger partial charge in [-0.05, 0) is 30.6 Å². The van der Waals surface area contributed by atoms with Crippen molar-refractivity contribution in [2.45, 2.75) is 12.5 Å². The predicted molar refractivity (Wildman–Crippen MR) is 91.9 cm³/mol. The van der Waals surface area contributed by atoms with E-state index in [0.717, 1.165) is 0 Å². The molecule has 0 aliphatic carbocycles. The van der Waals surface area contributed by atoms with Gasteiger partial charge in [-0.2, -0.15) is 11.8 Å². The molecular formula is C16H22N2O5S. The maximum Gasteiger partial charge on any atom is 0.328 e. The number of esters is 1. The molecule has 2 N–H and O–H groups in total. The first-order valence-corrected chi connectivity index (χ1v) is 8.77. The van der Waals surface area contributed by atoms with E-state index in [-0.39, 0.29) is 13.2 Å². The van der Waals surface area contributed by atoms with Crippen LogP contribution in [0.25, 0.3) is 0 Å². The first kappa shape index (κ1) is 19.8. The molecule has 1 aromatic carbocycles. The number of ether oxygens (including phenoxy) is 2. The van der Waals surface area contributed by atoms with Crippen LogP contribution < -0.4 is 15.4 Å². The first-order chi connectivity index (χ1) is 11.6. The third kappa shape index (κ3) is 7.87. The average molecular weight is 354 g/mol. The largest absolute Gasteiger partial charge is 0.484 e. The third-order valence-corrected chi connectivity index (χ3v) is 3.63. The Labute approximate surface area is 145 Å². The van der Waals surface area contributed by atoms with Crippen LogP contribution in [0.15, 0.2) is 30.3 Å². The number of carbonyl (C=O) groups excluding carboxylic acids is 3. The highest BCUT2D eigenvalue weighted by molar-refractivity contribution is 7.98. The van der Waals surface area contributed by atoms with Gasteiger partial charge in [-0.25, -0.2) is 4.79 Å². The van der Waals surface area contributed by atoms with E-state index < -0.39 is 23.8 Å². The van der Waals surface area contributed by atoms with Crippen molar-refractivity contribution in [2.75, 3.05) is 32.3 Å². The Bertz CT molecular complexity index is 539. The van der Waals surface area contributed by atoms with Gasteiger partial charge in [-0.15, -0.1) is 0 Å². The van der Waals surface area contributed by atoms with E-state index in [4.69, 9.17) is 4.74 Å². The monoisotopic (exact) mass is 354 g/mol. The van der Waals surface area contributed by atoms with E-state index in [2.05, 4.69) is 15.4 Å². The molecule has 0 bridgehead atoms. The summed E-state index contributed by atoms with van der Waals surface area (Å²) in [5, 5.41) is 4.99. The Kier molecular flexibility index (Phi) is 9.36. The molecule has 1 rings (SSSR count). The van der Waals surface area contributed by atoms with Crippen molar-refractivity contribution in [1.29, 1.82) is 0 Å². The van der Waals surface area contributed by atoms with E-state index in [0.29, 0.717) is 17.9 Å². The first-order valence-electron chi connectivity index (χ1n) is 7.37. The lowest BCUT2D eigenvalue weighted by molar-refractivity contribution is -0.145. The van der Waals surface area contributed by atoms with E-state index in [9.17, 15) is 14.4 Å². The number of thioether (sulfide) groups is 1. The molecule has 1 atom stereocenters. The smallest absolute Gasteiger partial charge is 0.328 e. The van der Waals surface area contributed by atoms with Crippen molar-refractivity contribution >= 4 is 29.5 Å². The van der Waals surface area contributed by atoms with Crippen molar-refractivity contribution in [3.05, 3.63) is 30.3 Å². The Balaban J connectivity index is 2.32. The number of nitrogens with one attached hydrogen (secondary N) is 2. The molecule has 0 saturated carbocycles. The summed E-state index contributed by atoms with van der Waals surface area (Å²) in [6.45, 7) is -0.423. The minimum absolute atomic E-state index is 0.190. The minimum atomic E-state index is -0.715. The zero-order valence-electron chi connectivity index (χ0n) is 13.7. The molecule has 0 heterocycles. The van der Waals surface area contributed by atoms with Gasteiger partial charge in [0.05, 0.1) is 13.7 Å². The normalized spacial score (nSPS) is 11.2. The molecule has 24 heavy (non-hydrogen) atoms. The number of hydrogen-bond donors (Lipinski definition) is 2. The van der Waals surface area contributed by atoms with E-state index in [1.807, 2.05) is 12.3 Å². The summed E-state index contributed by atoms with van der Waals surface area (Å²) in [4.78, 5) is 35.1. The number of methoxy groups -OCH3 is 1. The Morgan fingerprint density at radius 1 is 1.17 bits per heavy atom. The van der Waals surface area contributed by atoms with Gasteiger partial charge in [0.1, 0.15) is 11.8 Å². The summed E-state index contributed by atoms with van der Waals surface area (Å²) in [7, 11) is 1.27. The Hall–Kier alpha value is -2.22. The Morgan fingerprint density at radius 2 is 1.88 bits per heavy atom. The molecular weight excluding hydrogens is 332 g/mol. The number of amides is 2. The van der Waals surface area contributed by atoms with Crippen molar-refractivity contribution in [2.24, 2.45) is 0 Å². The van der Waals surface area contributed by atoms with E-state index in [1.165, 1.54) is 7.11 Å². The van der Waals surface area contributed by atoms with Crippen LogP contribution in [0, 0.1) is 0 Å². The van der Waals surface area contributed by atoms with Crippen molar-refractivity contribution in [1.82, 2.24) is 10.6 Å². The fraction of sp³-hybridized carbons (Fsp3) is 0.438. The molecule has 7 nitrogen and oxygen atoms in total. The number of benzene rings is 1. The van der Waals surface area contributed by atoms with Crippen LogP contribution in [-0.2, 0) is 19.1 Å². The standard InChI is InChI=1S/C16H22N2O5S/c1-22-16(21)13(8-9-24-2)18-14(19)10-17-15(20)11-23-12-6-4-3-5-7-12/h3-7,13H,8-11H2,1-2H3,(H,17,20)(H,18,19)/t13-/m1/s1. The lowest BCUT2D eigenvalue weighted by Crippen LogP contribution is -2.46. The summed E-state index contributed by atoms with van der Waals surface area (Å²) < 4.78 is 9.92. The second kappa shape index (κ2) is 11.3. The van der Waals surface area contributed by atoms with Crippen LogP contribution in [0.3, 0.4) is 0 Å². The van der Waals surface area contributed by atoms with Crippen LogP contribution >= 0.6 is 11.8 Å². The number of rotatable bonds is 10. The molecule has 0 aliphatic heterocycles. The van der Waals surface area contributed by atoms with Crippen LogP contribution in [0.5, 0.6) is 5.75 Å². The van der Waals surface area contributed by atoms with E-state index >= 15 is 0 Å². The number of hydrogen-bond acceptors (Lipinski definition) is 6. The molecule has 1 aromatic rings.